The molecule has 0 saturated carbocycles. The summed E-state index contributed by atoms with van der Waals surface area (Å²) in [6.45, 7) is 6.91. The molecular formula is C35H56O3Si. The van der Waals surface area contributed by atoms with Gasteiger partial charge in [0, 0.05) is 6.42 Å². The lowest BCUT2D eigenvalue weighted by Crippen LogP contribution is -2.65. The third-order valence-electron chi connectivity index (χ3n) is 8.63. The Morgan fingerprint density at radius 2 is 1.10 bits per heavy atom. The number of benzene rings is 2. The average molecular weight is 553 g/mol. The maximum absolute atomic E-state index is 12.7. The lowest BCUT2D eigenvalue weighted by molar-refractivity contribution is -0.137. The van der Waals surface area contributed by atoms with E-state index in [1.165, 1.54) is 77.0 Å². The van der Waals surface area contributed by atoms with Crippen molar-refractivity contribution < 1.29 is 14.7 Å². The highest BCUT2D eigenvalue weighted by Gasteiger charge is 2.50. The van der Waals surface area contributed by atoms with Crippen LogP contribution in [0.3, 0.4) is 0 Å². The van der Waals surface area contributed by atoms with E-state index in [-0.39, 0.29) is 5.04 Å². The van der Waals surface area contributed by atoms with Crippen molar-refractivity contribution in [3.63, 3.8) is 0 Å². The van der Waals surface area contributed by atoms with Gasteiger partial charge in [-0.15, -0.1) is 0 Å². The van der Waals surface area contributed by atoms with Gasteiger partial charge in [-0.3, -0.25) is 4.79 Å². The Labute approximate surface area is 240 Å². The van der Waals surface area contributed by atoms with Gasteiger partial charge in [-0.25, -0.2) is 0 Å². The van der Waals surface area contributed by atoms with Crippen LogP contribution >= 0.6 is 0 Å². The number of carboxylic acid groups (broad SMARTS) is 1. The number of unbranched alkanes of at least 4 members (excludes halogenated alkanes) is 11. The van der Waals surface area contributed by atoms with E-state index < -0.39 is 14.3 Å². The van der Waals surface area contributed by atoms with Crippen molar-refractivity contribution in [3.05, 3.63) is 60.7 Å². The van der Waals surface area contributed by atoms with Gasteiger partial charge in [0.15, 0.2) is 0 Å². The summed E-state index contributed by atoms with van der Waals surface area (Å²) in [4.78, 5) is 23.4. The fourth-order valence-electron chi connectivity index (χ4n) is 6.33. The lowest BCUT2D eigenvalue weighted by atomic mass is 9.87. The van der Waals surface area contributed by atoms with Gasteiger partial charge in [0.25, 0.3) is 8.32 Å². The van der Waals surface area contributed by atoms with Crippen molar-refractivity contribution >= 4 is 24.7 Å². The fraction of sp³-hybridized carbons (Fsp3) is 0.629. The summed E-state index contributed by atoms with van der Waals surface area (Å²) in [5.74, 6) is -0.0607. The predicted octanol–water partition coefficient (Wildman–Crippen LogP) is 8.87. The first-order valence-corrected chi connectivity index (χ1v) is 17.8. The van der Waals surface area contributed by atoms with E-state index in [4.69, 9.17) is 5.11 Å². The zero-order valence-electron chi connectivity index (χ0n) is 25.2. The van der Waals surface area contributed by atoms with E-state index in [2.05, 4.69) is 69.3 Å². The molecule has 0 saturated heterocycles. The summed E-state index contributed by atoms with van der Waals surface area (Å²) in [6, 6.07) is 20.9. The highest BCUT2D eigenvalue weighted by atomic mass is 28.4. The van der Waals surface area contributed by atoms with Crippen molar-refractivity contribution in [2.45, 2.75) is 135 Å². The van der Waals surface area contributed by atoms with Crippen LogP contribution < -0.4 is 10.4 Å². The third kappa shape index (κ3) is 11.6. The molecule has 1 atom stereocenters. The molecule has 39 heavy (non-hydrogen) atoms. The topological polar surface area (TPSA) is 57.5 Å². The molecule has 2 aromatic carbocycles. The van der Waals surface area contributed by atoms with Crippen molar-refractivity contribution in [2.75, 3.05) is 0 Å². The standard InChI is InChI=1S/C35H56O3Si/c1-4-5-6-7-8-11-16-23-31(24-17-12-9-10-13-22-29-34(36)37)30-35(2,3)39(38,32-25-18-14-19-26-32)33-27-20-15-21-28-33/h14-15,18-21,25-28,31,38H,4-13,16-17,22-24,29-30H2,1-3H3,(H,36,37). The molecule has 4 heteroatoms. The highest BCUT2D eigenvalue weighted by molar-refractivity contribution is 6.98. The van der Waals surface area contributed by atoms with Crippen molar-refractivity contribution in [1.82, 2.24) is 0 Å². The molecule has 0 bridgehead atoms. The Hall–Kier alpha value is -1.91. The molecule has 2 N–H and O–H groups in total. The Kier molecular flexibility index (Phi) is 15.7. The van der Waals surface area contributed by atoms with Gasteiger partial charge >= 0.3 is 5.97 Å². The molecule has 2 aromatic rings. The minimum absolute atomic E-state index is 0.196. The van der Waals surface area contributed by atoms with Crippen molar-refractivity contribution in [2.24, 2.45) is 5.92 Å². The smallest absolute Gasteiger partial charge is 0.303 e. The zero-order chi connectivity index (χ0) is 28.4. The normalized spacial score (nSPS) is 12.9. The second-order valence-electron chi connectivity index (χ2n) is 12.4. The molecule has 2 rings (SSSR count). The van der Waals surface area contributed by atoms with E-state index in [1.807, 2.05) is 12.1 Å². The molecule has 0 aliphatic heterocycles. The molecule has 1 unspecified atom stereocenters. The first-order valence-electron chi connectivity index (χ1n) is 15.9. The van der Waals surface area contributed by atoms with Gasteiger partial charge in [0.1, 0.15) is 0 Å². The number of carbonyl (C=O) groups is 1. The molecule has 0 heterocycles. The summed E-state index contributed by atoms with van der Waals surface area (Å²) >= 11 is 0. The molecule has 0 radical (unpaired) electrons. The highest BCUT2D eigenvalue weighted by Crippen LogP contribution is 2.43. The number of hydrogen-bond acceptors (Lipinski definition) is 2. The molecular weight excluding hydrogens is 496 g/mol. The average Bonchev–Trinajstić information content (AvgIpc) is 2.93. The van der Waals surface area contributed by atoms with Gasteiger partial charge in [-0.1, -0.05) is 171 Å². The first kappa shape index (κ1) is 33.3. The van der Waals surface area contributed by atoms with Crippen molar-refractivity contribution in [1.29, 1.82) is 0 Å². The fourth-order valence-corrected chi connectivity index (χ4v) is 10.2. The minimum Gasteiger partial charge on any atom is -0.481 e. The molecule has 0 aliphatic carbocycles. The Morgan fingerprint density at radius 1 is 0.692 bits per heavy atom. The lowest BCUT2D eigenvalue weighted by Gasteiger charge is -2.43. The SMILES string of the molecule is CCCCCCCCCC(CCCCCCCCC(=O)O)CC(C)(C)[Si](O)(c1ccccc1)c1ccccc1. The van der Waals surface area contributed by atoms with Gasteiger partial charge in [0.2, 0.25) is 0 Å². The summed E-state index contributed by atoms with van der Waals surface area (Å²) in [5, 5.41) is 10.9. The zero-order valence-corrected chi connectivity index (χ0v) is 26.2. The Balaban J connectivity index is 2.06. The summed E-state index contributed by atoms with van der Waals surface area (Å²) < 4.78 is 0. The number of aliphatic carboxylic acids is 1. The van der Waals surface area contributed by atoms with E-state index in [1.54, 1.807) is 0 Å². The van der Waals surface area contributed by atoms with Crippen molar-refractivity contribution in [3.8, 4) is 0 Å². The predicted molar refractivity (Wildman–Crippen MR) is 169 cm³/mol. The van der Waals surface area contributed by atoms with Crippen LogP contribution in [0.2, 0.25) is 5.04 Å². The first-order chi connectivity index (χ1) is 18.8. The maximum atomic E-state index is 12.7. The van der Waals surface area contributed by atoms with Gasteiger partial charge in [-0.05, 0) is 34.2 Å². The molecule has 3 nitrogen and oxygen atoms in total. The van der Waals surface area contributed by atoms with Crippen LogP contribution in [0.4, 0.5) is 0 Å². The summed E-state index contributed by atoms with van der Waals surface area (Å²) in [5.41, 5.74) is 0. The Bertz CT molecular complexity index is 857. The van der Waals surface area contributed by atoms with Crippen LogP contribution in [0.1, 0.15) is 130 Å². The number of carboxylic acids is 1. The quantitative estimate of drug-likeness (QED) is 0.113. The largest absolute Gasteiger partial charge is 0.481 e. The van der Waals surface area contributed by atoms with Crippen LogP contribution in [0, 0.1) is 5.92 Å². The van der Waals surface area contributed by atoms with Crippen LogP contribution in [0.15, 0.2) is 60.7 Å². The van der Waals surface area contributed by atoms with Gasteiger partial charge in [0.05, 0.1) is 0 Å². The van der Waals surface area contributed by atoms with E-state index >= 15 is 0 Å². The van der Waals surface area contributed by atoms with E-state index in [9.17, 15) is 9.59 Å². The molecule has 0 aliphatic rings. The number of rotatable bonds is 22. The van der Waals surface area contributed by atoms with E-state index in [0.717, 1.165) is 36.1 Å². The van der Waals surface area contributed by atoms with Crippen LogP contribution in [0.5, 0.6) is 0 Å². The monoisotopic (exact) mass is 552 g/mol. The van der Waals surface area contributed by atoms with Crippen LogP contribution in [-0.4, -0.2) is 24.2 Å². The summed E-state index contributed by atoms with van der Waals surface area (Å²) in [7, 11) is -2.99. The minimum atomic E-state index is -2.99. The second-order valence-corrected chi connectivity index (χ2v) is 16.3. The molecule has 0 aromatic heterocycles. The second kappa shape index (κ2) is 18.4. The van der Waals surface area contributed by atoms with Crippen LogP contribution in [0.25, 0.3) is 0 Å². The molecule has 0 fully saturated rings. The van der Waals surface area contributed by atoms with E-state index in [0.29, 0.717) is 12.3 Å². The van der Waals surface area contributed by atoms with Crippen LogP contribution in [-0.2, 0) is 4.79 Å². The molecule has 0 spiro atoms. The van der Waals surface area contributed by atoms with Gasteiger partial charge in [-0.2, -0.15) is 0 Å². The number of hydrogen-bond donors (Lipinski definition) is 2. The molecule has 0 amide bonds. The summed E-state index contributed by atoms with van der Waals surface area (Å²) in [6.07, 6.45) is 19.8. The maximum Gasteiger partial charge on any atom is 0.303 e. The van der Waals surface area contributed by atoms with Gasteiger partial charge < -0.3 is 9.90 Å². The third-order valence-corrected chi connectivity index (χ3v) is 13.1. The molecule has 218 valence electrons. The Morgan fingerprint density at radius 3 is 1.54 bits per heavy atom.